The molecule has 19 heavy (non-hydrogen) atoms. The number of carbonyl (C=O) groups excluding carboxylic acids is 3. The predicted molar refractivity (Wildman–Crippen MR) is 67.2 cm³/mol. The second kappa shape index (κ2) is 4.83. The summed E-state index contributed by atoms with van der Waals surface area (Å²) in [6.07, 6.45) is 4.27. The minimum atomic E-state index is -0.0501. The van der Waals surface area contributed by atoms with Gasteiger partial charge in [-0.3, -0.25) is 14.5 Å². The number of hydrogen-bond donors (Lipinski definition) is 1. The highest BCUT2D eigenvalue weighted by atomic mass is 16.2. The third kappa shape index (κ3) is 2.57. The van der Waals surface area contributed by atoms with Gasteiger partial charge in [0.2, 0.25) is 11.8 Å². The number of hydrogen-bond acceptors (Lipinski definition) is 3. The van der Waals surface area contributed by atoms with E-state index in [9.17, 15) is 14.4 Å². The maximum atomic E-state index is 11.9. The molecular weight excluding hydrogens is 246 g/mol. The van der Waals surface area contributed by atoms with Crippen molar-refractivity contribution >= 4 is 17.8 Å². The molecule has 1 saturated carbocycles. The lowest BCUT2D eigenvalue weighted by Gasteiger charge is -2.35. The number of urea groups is 1. The van der Waals surface area contributed by atoms with Crippen LogP contribution in [-0.2, 0) is 9.59 Å². The van der Waals surface area contributed by atoms with Crippen molar-refractivity contribution in [2.75, 3.05) is 13.1 Å². The summed E-state index contributed by atoms with van der Waals surface area (Å²) >= 11 is 0. The molecule has 0 aromatic carbocycles. The van der Waals surface area contributed by atoms with Gasteiger partial charge in [0.1, 0.15) is 0 Å². The Morgan fingerprint density at radius 1 is 1.00 bits per heavy atom. The lowest BCUT2D eigenvalue weighted by atomic mass is 10.0. The van der Waals surface area contributed by atoms with Gasteiger partial charge >= 0.3 is 6.03 Å². The van der Waals surface area contributed by atoms with E-state index in [0.29, 0.717) is 44.8 Å². The van der Waals surface area contributed by atoms with Gasteiger partial charge in [0.15, 0.2) is 0 Å². The average Bonchev–Trinajstić information content (AvgIpc) is 3.15. The summed E-state index contributed by atoms with van der Waals surface area (Å²) in [5.74, 6) is -0.100. The van der Waals surface area contributed by atoms with E-state index in [1.165, 1.54) is 4.90 Å². The topological polar surface area (TPSA) is 69.7 Å². The number of piperidine rings is 1. The van der Waals surface area contributed by atoms with E-state index in [0.717, 1.165) is 12.8 Å². The van der Waals surface area contributed by atoms with Gasteiger partial charge in [0.05, 0.1) is 0 Å². The largest absolute Gasteiger partial charge is 0.335 e. The van der Waals surface area contributed by atoms with Crippen LogP contribution in [-0.4, -0.2) is 52.8 Å². The molecule has 6 heteroatoms. The third-order valence-electron chi connectivity index (χ3n) is 4.11. The highest BCUT2D eigenvalue weighted by molar-refractivity contribution is 6.02. The first kappa shape index (κ1) is 12.4. The first-order valence-corrected chi connectivity index (χ1v) is 7.05. The van der Waals surface area contributed by atoms with Crippen LogP contribution in [0.1, 0.15) is 38.5 Å². The lowest BCUT2D eigenvalue weighted by Crippen LogP contribution is -2.51. The van der Waals surface area contributed by atoms with Crippen molar-refractivity contribution in [1.82, 2.24) is 15.1 Å². The van der Waals surface area contributed by atoms with Gasteiger partial charge in [-0.1, -0.05) is 0 Å². The van der Waals surface area contributed by atoms with Gasteiger partial charge in [-0.15, -0.1) is 0 Å². The van der Waals surface area contributed by atoms with Crippen LogP contribution in [0.25, 0.3) is 0 Å². The molecule has 0 spiro atoms. The number of amides is 4. The molecule has 0 aromatic heterocycles. The Labute approximate surface area is 112 Å². The van der Waals surface area contributed by atoms with Crippen molar-refractivity contribution in [2.24, 2.45) is 0 Å². The molecule has 0 bridgehead atoms. The predicted octanol–water partition coefficient (Wildman–Crippen LogP) is 0.472. The number of nitrogens with zero attached hydrogens (tertiary/aromatic N) is 2. The van der Waals surface area contributed by atoms with Crippen LogP contribution in [0, 0.1) is 0 Å². The lowest BCUT2D eigenvalue weighted by molar-refractivity contribution is -0.141. The van der Waals surface area contributed by atoms with Crippen molar-refractivity contribution in [3.63, 3.8) is 0 Å². The first-order chi connectivity index (χ1) is 9.15. The van der Waals surface area contributed by atoms with E-state index in [4.69, 9.17) is 0 Å². The smallest absolute Gasteiger partial charge is 0.317 e. The van der Waals surface area contributed by atoms with Crippen molar-refractivity contribution in [1.29, 1.82) is 0 Å². The molecule has 2 heterocycles. The Hall–Kier alpha value is -1.59. The van der Waals surface area contributed by atoms with Gasteiger partial charge < -0.3 is 10.2 Å². The van der Waals surface area contributed by atoms with Crippen LogP contribution in [0.15, 0.2) is 0 Å². The second-order valence-corrected chi connectivity index (χ2v) is 5.60. The van der Waals surface area contributed by atoms with Crippen molar-refractivity contribution in [3.8, 4) is 0 Å². The van der Waals surface area contributed by atoms with E-state index >= 15 is 0 Å². The van der Waals surface area contributed by atoms with Gasteiger partial charge in [-0.05, 0) is 25.7 Å². The maximum Gasteiger partial charge on any atom is 0.317 e. The number of likely N-dealkylation sites (tertiary alicyclic amines) is 2. The van der Waals surface area contributed by atoms with Gasteiger partial charge in [-0.25, -0.2) is 4.79 Å². The zero-order valence-electron chi connectivity index (χ0n) is 10.9. The molecule has 3 fully saturated rings. The molecule has 0 aromatic rings. The quantitative estimate of drug-likeness (QED) is 0.738. The standard InChI is InChI=1S/C13H19N3O3/c17-11-3-4-12(18)16(11)10-5-7-15(8-6-10)13(19)14-9-1-2-9/h9-10H,1-8H2,(H,14,19). The third-order valence-corrected chi connectivity index (χ3v) is 4.11. The maximum absolute atomic E-state index is 11.9. The molecule has 1 aliphatic carbocycles. The number of rotatable bonds is 2. The minimum Gasteiger partial charge on any atom is -0.335 e. The summed E-state index contributed by atoms with van der Waals surface area (Å²) < 4.78 is 0. The zero-order valence-corrected chi connectivity index (χ0v) is 10.9. The Balaban J connectivity index is 1.52. The summed E-state index contributed by atoms with van der Waals surface area (Å²) in [6, 6.07) is 0.361. The van der Waals surface area contributed by atoms with Gasteiger partial charge in [0.25, 0.3) is 0 Å². The summed E-state index contributed by atoms with van der Waals surface area (Å²) in [7, 11) is 0. The minimum absolute atomic E-state index is 0.0000231. The van der Waals surface area contributed by atoms with Crippen molar-refractivity contribution in [2.45, 2.75) is 50.6 Å². The monoisotopic (exact) mass is 265 g/mol. The fraction of sp³-hybridized carbons (Fsp3) is 0.769. The summed E-state index contributed by atoms with van der Waals surface area (Å²) in [4.78, 5) is 38.4. The SMILES string of the molecule is O=C(NC1CC1)N1CCC(N2C(=O)CCC2=O)CC1. The van der Waals surface area contributed by atoms with E-state index in [1.807, 2.05) is 0 Å². The normalized spacial score (nSPS) is 25.1. The van der Waals surface area contributed by atoms with Crippen LogP contribution >= 0.6 is 0 Å². The number of nitrogens with one attached hydrogen (secondary N) is 1. The Bertz CT molecular complexity index is 395. The molecular formula is C13H19N3O3. The fourth-order valence-electron chi connectivity index (χ4n) is 2.82. The van der Waals surface area contributed by atoms with Crippen LogP contribution in [0.3, 0.4) is 0 Å². The van der Waals surface area contributed by atoms with Crippen molar-refractivity contribution in [3.05, 3.63) is 0 Å². The molecule has 0 radical (unpaired) electrons. The Kier molecular flexibility index (Phi) is 3.16. The fourth-order valence-corrected chi connectivity index (χ4v) is 2.82. The molecule has 2 saturated heterocycles. The first-order valence-electron chi connectivity index (χ1n) is 7.05. The highest BCUT2D eigenvalue weighted by Crippen LogP contribution is 2.24. The molecule has 104 valence electrons. The highest BCUT2D eigenvalue weighted by Gasteiger charge is 2.37. The van der Waals surface area contributed by atoms with Crippen LogP contribution in [0.2, 0.25) is 0 Å². The molecule has 3 aliphatic rings. The molecule has 2 aliphatic heterocycles. The molecule has 4 amide bonds. The van der Waals surface area contributed by atoms with Crippen molar-refractivity contribution < 1.29 is 14.4 Å². The molecule has 6 nitrogen and oxygen atoms in total. The molecule has 3 rings (SSSR count). The van der Waals surface area contributed by atoms with Crippen LogP contribution < -0.4 is 5.32 Å². The van der Waals surface area contributed by atoms with Gasteiger partial charge in [-0.2, -0.15) is 0 Å². The molecule has 1 N–H and O–H groups in total. The van der Waals surface area contributed by atoms with E-state index in [1.54, 1.807) is 4.90 Å². The Morgan fingerprint density at radius 2 is 1.58 bits per heavy atom. The van der Waals surface area contributed by atoms with E-state index in [-0.39, 0.29) is 23.9 Å². The molecule has 0 atom stereocenters. The number of carbonyl (C=O) groups is 3. The van der Waals surface area contributed by atoms with Crippen LogP contribution in [0.5, 0.6) is 0 Å². The Morgan fingerprint density at radius 3 is 2.11 bits per heavy atom. The average molecular weight is 265 g/mol. The van der Waals surface area contributed by atoms with Crippen LogP contribution in [0.4, 0.5) is 4.79 Å². The summed E-state index contributed by atoms with van der Waals surface area (Å²) in [6.45, 7) is 1.25. The zero-order chi connectivity index (χ0) is 13.4. The van der Waals surface area contributed by atoms with E-state index in [2.05, 4.69) is 5.32 Å². The van der Waals surface area contributed by atoms with Gasteiger partial charge in [0, 0.05) is 38.0 Å². The summed E-state index contributed by atoms with van der Waals surface area (Å²) in [5.41, 5.74) is 0. The second-order valence-electron chi connectivity index (χ2n) is 5.60. The van der Waals surface area contributed by atoms with E-state index < -0.39 is 0 Å². The molecule has 0 unspecified atom stereocenters. The summed E-state index contributed by atoms with van der Waals surface area (Å²) in [5, 5.41) is 2.97. The number of imide groups is 1.